The molecule has 2 aromatic heterocycles. The molecule has 272 valence electrons. The van der Waals surface area contributed by atoms with Crippen LogP contribution in [0.5, 0.6) is 0 Å². The smallest absolute Gasteiger partial charge is 0.169 e. The zero-order valence-corrected chi connectivity index (χ0v) is 36.0. The Bertz CT molecular complexity index is 848. The van der Waals surface area contributed by atoms with E-state index in [9.17, 15) is 0 Å². The monoisotopic (exact) mass is 802 g/mol. The van der Waals surface area contributed by atoms with Gasteiger partial charge in [-0.3, -0.25) is 0 Å². The second-order valence-electron chi connectivity index (χ2n) is 9.42. The lowest BCUT2D eigenvalue weighted by Gasteiger charge is -2.36. The fourth-order valence-electron chi connectivity index (χ4n) is 2.60. The van der Waals surface area contributed by atoms with Crippen molar-refractivity contribution >= 4 is 87.3 Å². The SMILES string of the molecule is CCCS.CCCSP(OCCC#N)N(C(C)C)C(C)C.CCCSSc1ccccn1.OCCS.OCCSSc1ccccn1. The first-order valence-electron chi connectivity index (χ1n) is 15.8. The van der Waals surface area contributed by atoms with Crippen LogP contribution in [0, 0.1) is 11.3 Å². The first-order valence-corrected chi connectivity index (χ1v) is 24.5. The van der Waals surface area contributed by atoms with Gasteiger partial charge in [0.1, 0.15) is 10.1 Å². The summed E-state index contributed by atoms with van der Waals surface area (Å²) in [5.74, 6) is 4.65. The molecule has 0 aliphatic carbocycles. The van der Waals surface area contributed by atoms with Gasteiger partial charge in [0, 0.05) is 47.5 Å². The summed E-state index contributed by atoms with van der Waals surface area (Å²) >= 11 is 9.49. The zero-order chi connectivity index (χ0) is 36.0. The standard InChI is InChI=1S/C12H25N2OPS.C8H11NS2.C7H9NOS2.C3H8S.C2H6OS/c1-6-10-17-16(15-9-7-8-13)14(11(2)3)12(4)5;1-2-7-10-11-8-5-3-4-6-9-8;9-5-6-10-11-7-3-1-2-4-8-7;1-2-3-4;3-1-2-4/h11-12H,6-7,9-10H2,1-5H3;3-6H,2,7H2,1H3;1-4,9H,5-6H2;4H,2-3H2,1H3;3-4H,1-2H2. The number of hydrogen-bond donors (Lipinski definition) is 4. The average Bonchev–Trinajstić information content (AvgIpc) is 3.09. The maximum absolute atomic E-state index is 8.57. The summed E-state index contributed by atoms with van der Waals surface area (Å²) in [7, 11) is 6.19. The van der Waals surface area contributed by atoms with Gasteiger partial charge in [-0.25, -0.2) is 14.6 Å². The number of rotatable bonds is 19. The van der Waals surface area contributed by atoms with Crippen LogP contribution >= 0.6 is 87.3 Å². The Hall–Kier alpha value is 0.510. The van der Waals surface area contributed by atoms with Crippen LogP contribution in [-0.2, 0) is 4.52 Å². The fraction of sp³-hybridized carbons (Fsp3) is 0.656. The van der Waals surface area contributed by atoms with E-state index in [1.807, 2.05) is 64.8 Å². The van der Waals surface area contributed by atoms with E-state index in [-0.39, 0.29) is 13.2 Å². The van der Waals surface area contributed by atoms with Gasteiger partial charge in [0.25, 0.3) is 0 Å². The van der Waals surface area contributed by atoms with Gasteiger partial charge in [-0.15, -0.1) is 0 Å². The number of nitriles is 1. The van der Waals surface area contributed by atoms with Crippen LogP contribution < -0.4 is 0 Å². The van der Waals surface area contributed by atoms with Crippen LogP contribution in [0.25, 0.3) is 0 Å². The molecular formula is C32H59N4O3PS7. The van der Waals surface area contributed by atoms with E-state index in [4.69, 9.17) is 20.0 Å². The molecule has 0 amide bonds. The predicted octanol–water partition coefficient (Wildman–Crippen LogP) is 10.7. The summed E-state index contributed by atoms with van der Waals surface area (Å²) in [5.41, 5.74) is 0. The number of nitrogens with zero attached hydrogens (tertiary/aromatic N) is 4. The second kappa shape index (κ2) is 42.7. The van der Waals surface area contributed by atoms with Crippen molar-refractivity contribution in [1.29, 1.82) is 5.26 Å². The van der Waals surface area contributed by atoms with Crippen molar-refractivity contribution < 1.29 is 14.7 Å². The molecule has 2 heterocycles. The van der Waals surface area contributed by atoms with Crippen molar-refractivity contribution in [3.8, 4) is 6.07 Å². The molecule has 0 aliphatic heterocycles. The molecule has 1 unspecified atom stereocenters. The number of hydrogen-bond acceptors (Lipinski definition) is 14. The second-order valence-corrected chi connectivity index (χ2v) is 18.8. The highest BCUT2D eigenvalue weighted by atomic mass is 33.1. The molecule has 0 aliphatic rings. The van der Waals surface area contributed by atoms with Crippen molar-refractivity contribution in [3.63, 3.8) is 0 Å². The Morgan fingerprint density at radius 1 is 0.809 bits per heavy atom. The molecule has 1 atom stereocenters. The number of aromatic nitrogens is 2. The van der Waals surface area contributed by atoms with Gasteiger partial charge in [-0.05, 0) is 98.6 Å². The van der Waals surface area contributed by atoms with E-state index in [0.29, 0.717) is 30.9 Å². The van der Waals surface area contributed by atoms with Crippen molar-refractivity contribution in [1.82, 2.24) is 14.6 Å². The molecule has 0 aromatic carbocycles. The highest BCUT2D eigenvalue weighted by Gasteiger charge is 2.25. The number of aliphatic hydroxyl groups is 2. The molecule has 0 spiro atoms. The molecular weight excluding hydrogens is 744 g/mol. The molecule has 2 rings (SSSR count). The van der Waals surface area contributed by atoms with Gasteiger partial charge in [0.05, 0.1) is 32.3 Å². The van der Waals surface area contributed by atoms with E-state index >= 15 is 0 Å². The highest BCUT2D eigenvalue weighted by Crippen LogP contribution is 2.56. The minimum Gasteiger partial charge on any atom is -0.396 e. The largest absolute Gasteiger partial charge is 0.396 e. The van der Waals surface area contributed by atoms with Gasteiger partial charge in [0.2, 0.25) is 0 Å². The number of aliphatic hydroxyl groups excluding tert-OH is 2. The third-order valence-electron chi connectivity index (χ3n) is 4.42. The van der Waals surface area contributed by atoms with Crippen LogP contribution in [0.15, 0.2) is 58.8 Å². The Morgan fingerprint density at radius 3 is 1.64 bits per heavy atom. The van der Waals surface area contributed by atoms with Crippen LogP contribution in [0.3, 0.4) is 0 Å². The molecule has 0 radical (unpaired) electrons. The summed E-state index contributed by atoms with van der Waals surface area (Å²) < 4.78 is 8.32. The fourth-order valence-corrected chi connectivity index (χ4v) is 10.9. The van der Waals surface area contributed by atoms with Crippen molar-refractivity contribution in [2.24, 2.45) is 0 Å². The molecule has 2 N–H and O–H groups in total. The van der Waals surface area contributed by atoms with E-state index < -0.39 is 7.50 Å². The van der Waals surface area contributed by atoms with E-state index in [2.05, 4.69) is 94.4 Å². The van der Waals surface area contributed by atoms with E-state index in [1.165, 1.54) is 18.6 Å². The maximum Gasteiger partial charge on any atom is 0.169 e. The van der Waals surface area contributed by atoms with Gasteiger partial charge in [-0.1, -0.05) is 65.9 Å². The Morgan fingerprint density at radius 2 is 1.30 bits per heavy atom. The molecule has 7 nitrogen and oxygen atoms in total. The predicted molar refractivity (Wildman–Crippen MR) is 226 cm³/mol. The number of pyridine rings is 2. The van der Waals surface area contributed by atoms with E-state index in [1.54, 1.807) is 38.6 Å². The summed E-state index contributed by atoms with van der Waals surface area (Å²) in [6.07, 6.45) is 7.65. The molecule has 0 bridgehead atoms. The Kier molecular flexibility index (Phi) is 47.1. The first kappa shape index (κ1) is 51.9. The summed E-state index contributed by atoms with van der Waals surface area (Å²) in [5, 5.41) is 27.0. The zero-order valence-electron chi connectivity index (χ0n) is 29.2. The third kappa shape index (κ3) is 37.6. The third-order valence-corrected chi connectivity index (χ3v) is 14.4. The lowest BCUT2D eigenvalue weighted by atomic mass is 10.3. The summed E-state index contributed by atoms with van der Waals surface area (Å²) in [6, 6.07) is 14.9. The van der Waals surface area contributed by atoms with Crippen molar-refractivity contribution in [2.75, 3.05) is 48.6 Å². The average molecular weight is 803 g/mol. The lowest BCUT2D eigenvalue weighted by molar-refractivity contribution is 0.266. The van der Waals surface area contributed by atoms with Gasteiger partial charge in [0.15, 0.2) is 7.50 Å². The number of thiol groups is 2. The highest BCUT2D eigenvalue weighted by molar-refractivity contribution is 8.77. The van der Waals surface area contributed by atoms with Crippen LogP contribution in [0.4, 0.5) is 0 Å². The molecule has 0 saturated carbocycles. The van der Waals surface area contributed by atoms with Gasteiger partial charge in [-0.2, -0.15) is 30.5 Å². The van der Waals surface area contributed by atoms with E-state index in [0.717, 1.165) is 33.7 Å². The Labute approximate surface area is 319 Å². The Balaban J connectivity index is -0.000000565. The van der Waals surface area contributed by atoms with Crippen molar-refractivity contribution in [2.45, 2.75) is 96.3 Å². The minimum absolute atomic E-state index is 0.184. The first-order chi connectivity index (χ1) is 22.7. The van der Waals surface area contributed by atoms with Crippen LogP contribution in [-0.4, -0.2) is 85.5 Å². The normalized spacial score (nSPS) is 10.7. The molecule has 47 heavy (non-hydrogen) atoms. The van der Waals surface area contributed by atoms with Crippen LogP contribution in [0.1, 0.15) is 74.1 Å². The minimum atomic E-state index is -0.622. The maximum atomic E-state index is 8.57. The van der Waals surface area contributed by atoms with Gasteiger partial charge < -0.3 is 14.7 Å². The van der Waals surface area contributed by atoms with Crippen molar-refractivity contribution in [3.05, 3.63) is 48.8 Å². The summed E-state index contributed by atoms with van der Waals surface area (Å²) in [4.78, 5) is 8.30. The van der Waals surface area contributed by atoms with Crippen LogP contribution in [0.2, 0.25) is 0 Å². The molecule has 2 aromatic rings. The molecule has 0 saturated heterocycles. The molecule has 0 fully saturated rings. The summed E-state index contributed by atoms with van der Waals surface area (Å²) in [6.45, 7) is 16.3. The quantitative estimate of drug-likeness (QED) is 0.0471. The topological polar surface area (TPSA) is 102 Å². The lowest BCUT2D eigenvalue weighted by Crippen LogP contribution is -2.32. The molecule has 15 heteroatoms. The van der Waals surface area contributed by atoms with Gasteiger partial charge >= 0.3 is 0 Å².